The van der Waals surface area contributed by atoms with Crippen LogP contribution < -0.4 is 26.2 Å². The van der Waals surface area contributed by atoms with Crippen molar-refractivity contribution in [2.75, 3.05) is 9.80 Å². The summed E-state index contributed by atoms with van der Waals surface area (Å²) in [5, 5.41) is 7.70. The van der Waals surface area contributed by atoms with Crippen LogP contribution in [0.4, 0.5) is 34.1 Å². The van der Waals surface area contributed by atoms with Crippen molar-refractivity contribution >= 4 is 112 Å². The molecule has 5 heteroatoms. The van der Waals surface area contributed by atoms with Crippen LogP contribution in [0.15, 0.2) is 152 Å². The molecule has 11 aromatic rings. The Labute approximate surface area is 462 Å². The lowest BCUT2D eigenvalue weighted by Gasteiger charge is -2.47. The molecule has 2 aromatic heterocycles. The summed E-state index contributed by atoms with van der Waals surface area (Å²) in [5.74, 6) is 0. The van der Waals surface area contributed by atoms with E-state index in [0.29, 0.717) is 0 Å². The third-order valence-electron chi connectivity index (χ3n) is 18.0. The van der Waals surface area contributed by atoms with Crippen molar-refractivity contribution in [1.29, 1.82) is 0 Å². The maximum atomic E-state index is 2.71. The molecular formula is C73H73BN4. The average molecular weight is 1020 g/mol. The predicted molar refractivity (Wildman–Crippen MR) is 338 cm³/mol. The number of aromatic nitrogens is 2. The Hall–Kier alpha value is -7.50. The predicted octanol–water partition coefficient (Wildman–Crippen LogP) is 18.2. The fourth-order valence-corrected chi connectivity index (χ4v) is 13.6. The zero-order valence-electron chi connectivity index (χ0n) is 48.8. The second-order valence-electron chi connectivity index (χ2n) is 28.5. The molecule has 388 valence electrons. The smallest absolute Gasteiger partial charge is 0.252 e. The van der Waals surface area contributed by atoms with Crippen molar-refractivity contribution in [3.05, 3.63) is 185 Å². The van der Waals surface area contributed by atoms with Crippen LogP contribution in [0.1, 0.15) is 137 Å². The van der Waals surface area contributed by atoms with Crippen LogP contribution in [0, 0.1) is 6.92 Å². The topological polar surface area (TPSA) is 16.3 Å². The molecule has 0 atom stereocenters. The Morgan fingerprint density at radius 2 is 0.833 bits per heavy atom. The molecular weight excluding hydrogens is 944 g/mol. The van der Waals surface area contributed by atoms with Gasteiger partial charge in [-0.25, -0.2) is 0 Å². The molecule has 0 bridgehead atoms. The number of fused-ring (bicyclic) bond motifs is 13. The highest BCUT2D eigenvalue weighted by molar-refractivity contribution is 7.00. The quantitative estimate of drug-likeness (QED) is 0.160. The monoisotopic (exact) mass is 1020 g/mol. The molecule has 0 N–H and O–H groups in total. The first-order valence-electron chi connectivity index (χ1n) is 28.5. The van der Waals surface area contributed by atoms with Gasteiger partial charge < -0.3 is 18.9 Å². The van der Waals surface area contributed by atoms with Crippen molar-refractivity contribution in [1.82, 2.24) is 9.13 Å². The summed E-state index contributed by atoms with van der Waals surface area (Å²) in [6.45, 7) is 37.5. The summed E-state index contributed by atoms with van der Waals surface area (Å²) < 4.78 is 5.20. The van der Waals surface area contributed by atoms with E-state index < -0.39 is 0 Å². The Balaban J connectivity index is 1.12. The molecule has 9 aromatic carbocycles. The lowest BCUT2D eigenvalue weighted by molar-refractivity contribution is 0.590. The van der Waals surface area contributed by atoms with Gasteiger partial charge in [0.15, 0.2) is 0 Å². The molecule has 4 nitrogen and oxygen atoms in total. The second-order valence-corrected chi connectivity index (χ2v) is 28.5. The maximum absolute atomic E-state index is 2.71. The highest BCUT2D eigenvalue weighted by Gasteiger charge is 2.47. The number of hydrogen-bond acceptors (Lipinski definition) is 2. The van der Waals surface area contributed by atoms with Crippen LogP contribution in [-0.4, -0.2) is 15.8 Å². The van der Waals surface area contributed by atoms with Crippen molar-refractivity contribution in [2.24, 2.45) is 0 Å². The molecule has 0 saturated heterocycles. The largest absolute Gasteiger partial charge is 0.311 e. The molecule has 0 aliphatic carbocycles. The van der Waals surface area contributed by atoms with Gasteiger partial charge in [-0.3, -0.25) is 0 Å². The lowest BCUT2D eigenvalue weighted by atomic mass is 9.33. The van der Waals surface area contributed by atoms with Gasteiger partial charge in [-0.15, -0.1) is 0 Å². The Morgan fingerprint density at radius 1 is 0.333 bits per heavy atom. The fraction of sp³-hybridized carbons (Fsp3) is 0.288. The minimum atomic E-state index is -0.128. The van der Waals surface area contributed by atoms with Crippen molar-refractivity contribution in [3.8, 4) is 11.4 Å². The van der Waals surface area contributed by atoms with Crippen molar-refractivity contribution in [3.63, 3.8) is 0 Å². The SMILES string of the molecule is Cc1cc2c3c(c1)N1c4c(cc(C(C)(C)C)cc4-n4c5ccc(C(C)(C)C)cc5c5cc(C(C)(C)C)cc1c54)B3c1ccc(-n3c4ccc(C(C)(C)C)cc4c4cc(C(C)(C)C)ccc43)cc1N2c1cccc2ccccc12. The van der Waals surface area contributed by atoms with E-state index in [2.05, 4.69) is 281 Å². The summed E-state index contributed by atoms with van der Waals surface area (Å²) in [4.78, 5) is 5.35. The van der Waals surface area contributed by atoms with E-state index in [9.17, 15) is 0 Å². The number of benzene rings is 9. The summed E-state index contributed by atoms with van der Waals surface area (Å²) >= 11 is 0. The Kier molecular flexibility index (Phi) is 9.92. The van der Waals surface area contributed by atoms with Gasteiger partial charge in [0, 0.05) is 49.7 Å². The van der Waals surface area contributed by atoms with E-state index in [-0.39, 0.29) is 33.8 Å². The first-order chi connectivity index (χ1) is 36.8. The van der Waals surface area contributed by atoms with Crippen molar-refractivity contribution < 1.29 is 0 Å². The molecule has 0 spiro atoms. The zero-order valence-corrected chi connectivity index (χ0v) is 48.8. The molecule has 0 saturated carbocycles. The second kappa shape index (κ2) is 15.8. The Morgan fingerprint density at radius 3 is 1.42 bits per heavy atom. The molecule has 3 aliphatic rings. The highest BCUT2D eigenvalue weighted by atomic mass is 15.2. The van der Waals surface area contributed by atoms with Gasteiger partial charge in [0.25, 0.3) is 6.71 Å². The molecule has 0 amide bonds. The molecule has 0 radical (unpaired) electrons. The zero-order chi connectivity index (χ0) is 54.7. The van der Waals surface area contributed by atoms with Crippen LogP contribution in [0.25, 0.3) is 65.8 Å². The lowest BCUT2D eigenvalue weighted by Crippen LogP contribution is -2.62. The van der Waals surface area contributed by atoms with E-state index in [1.807, 2.05) is 0 Å². The summed E-state index contributed by atoms with van der Waals surface area (Å²) in [6.07, 6.45) is 0. The van der Waals surface area contributed by atoms with E-state index in [4.69, 9.17) is 0 Å². The standard InChI is InChI=1S/C73H73BN4/c1-42-32-62-66-63(33-42)78-64-39-47(72(11,12)13)37-54-53-36-46(71(8,9)10)26-31-60(53)77(67(54)64)65-40-48(73(14,15)16)38-56(68(65)78)74(66)55-28-27-49(41-61(55)76(62)57-23-19-21-43-20-17-18-22-50(43)57)75-58-29-24-44(69(2,3)4)34-51(58)52-35-45(70(5,6)7)25-30-59(52)75/h17-41H,1-16H3. The van der Waals surface area contributed by atoms with Gasteiger partial charge >= 0.3 is 0 Å². The number of rotatable bonds is 2. The maximum Gasteiger partial charge on any atom is 0.252 e. The van der Waals surface area contributed by atoms with Crippen LogP contribution in [0.2, 0.25) is 0 Å². The van der Waals surface area contributed by atoms with Gasteiger partial charge in [-0.2, -0.15) is 0 Å². The first-order valence-corrected chi connectivity index (χ1v) is 28.5. The average Bonchev–Trinajstić information content (AvgIpc) is 3.85. The number of nitrogens with zero attached hydrogens (tertiary/aromatic N) is 4. The van der Waals surface area contributed by atoms with E-state index >= 15 is 0 Å². The van der Waals surface area contributed by atoms with Crippen LogP contribution >= 0.6 is 0 Å². The number of anilines is 6. The third kappa shape index (κ3) is 6.98. The van der Waals surface area contributed by atoms with Gasteiger partial charge in [-0.05, 0) is 174 Å². The molecule has 0 unspecified atom stereocenters. The summed E-state index contributed by atoms with van der Waals surface area (Å²) in [6, 6.07) is 60.2. The number of aryl methyl sites for hydroxylation is 1. The van der Waals surface area contributed by atoms with Gasteiger partial charge in [0.1, 0.15) is 0 Å². The van der Waals surface area contributed by atoms with Gasteiger partial charge in [-0.1, -0.05) is 171 Å². The summed E-state index contributed by atoms with van der Waals surface area (Å²) in [5.41, 5.74) is 26.6. The molecule has 3 aliphatic heterocycles. The highest BCUT2D eigenvalue weighted by Crippen LogP contribution is 2.55. The van der Waals surface area contributed by atoms with Crippen LogP contribution in [0.5, 0.6) is 0 Å². The van der Waals surface area contributed by atoms with Crippen molar-refractivity contribution in [2.45, 2.75) is 138 Å². The van der Waals surface area contributed by atoms with E-state index in [1.165, 1.54) is 144 Å². The Bertz CT molecular complexity index is 4350. The van der Waals surface area contributed by atoms with Gasteiger partial charge in [0.2, 0.25) is 0 Å². The fourth-order valence-electron chi connectivity index (χ4n) is 13.6. The van der Waals surface area contributed by atoms with Crippen LogP contribution in [0.3, 0.4) is 0 Å². The summed E-state index contributed by atoms with van der Waals surface area (Å²) in [7, 11) is 0. The molecule has 14 rings (SSSR count). The minimum absolute atomic E-state index is 0.00162. The van der Waals surface area contributed by atoms with E-state index in [1.54, 1.807) is 0 Å². The number of hydrogen-bond donors (Lipinski definition) is 0. The van der Waals surface area contributed by atoms with E-state index in [0.717, 1.165) is 5.69 Å². The molecule has 5 heterocycles. The minimum Gasteiger partial charge on any atom is -0.311 e. The van der Waals surface area contributed by atoms with Crippen LogP contribution in [-0.2, 0) is 27.1 Å². The normalized spacial score (nSPS) is 14.3. The third-order valence-corrected chi connectivity index (χ3v) is 18.0. The molecule has 0 fully saturated rings. The molecule has 78 heavy (non-hydrogen) atoms. The van der Waals surface area contributed by atoms with Gasteiger partial charge in [0.05, 0.1) is 44.8 Å². The first kappa shape index (κ1) is 48.8.